The molecule has 188 valence electrons. The molecule has 38 heavy (non-hydrogen) atoms. The number of hydrogen-bond acceptors (Lipinski definition) is 8. The van der Waals surface area contributed by atoms with Gasteiger partial charge < -0.3 is 15.0 Å². The number of anilines is 2. The van der Waals surface area contributed by atoms with Gasteiger partial charge in [0.15, 0.2) is 11.5 Å². The van der Waals surface area contributed by atoms with E-state index in [1.54, 1.807) is 9.42 Å². The van der Waals surface area contributed by atoms with Crippen LogP contribution >= 0.6 is 0 Å². The number of benzene rings is 1. The summed E-state index contributed by atoms with van der Waals surface area (Å²) in [6.45, 7) is 6.73. The van der Waals surface area contributed by atoms with Crippen molar-refractivity contribution in [3.05, 3.63) is 91.3 Å². The van der Waals surface area contributed by atoms with Gasteiger partial charge >= 0.3 is 0 Å². The molecule has 0 bridgehead atoms. The fraction of sp³-hybridized carbons (Fsp3) is 0.143. The van der Waals surface area contributed by atoms with Gasteiger partial charge in [0, 0.05) is 31.0 Å². The summed E-state index contributed by atoms with van der Waals surface area (Å²) in [6.07, 6.45) is 8.95. The van der Waals surface area contributed by atoms with Crippen molar-refractivity contribution in [1.29, 1.82) is 0 Å². The molecule has 1 amide bonds. The summed E-state index contributed by atoms with van der Waals surface area (Å²) in [5, 5.41) is 7.49. The third-order valence-electron chi connectivity index (χ3n) is 6.42. The Hall–Kier alpha value is -5.12. The molecule has 0 spiro atoms. The number of hydrogen-bond donors (Lipinski definition) is 1. The monoisotopic (exact) mass is 504 g/mol. The zero-order chi connectivity index (χ0) is 26.1. The Morgan fingerprint density at radius 3 is 2.84 bits per heavy atom. The van der Waals surface area contributed by atoms with Crippen molar-refractivity contribution in [2.75, 3.05) is 18.4 Å². The molecule has 6 rings (SSSR count). The Balaban J connectivity index is 1.23. The minimum absolute atomic E-state index is 0.0604. The van der Waals surface area contributed by atoms with Crippen LogP contribution in [0.25, 0.3) is 22.3 Å². The number of nitrogens with one attached hydrogen (secondary N) is 1. The van der Waals surface area contributed by atoms with Crippen molar-refractivity contribution in [2.24, 2.45) is 0 Å². The highest BCUT2D eigenvalue weighted by molar-refractivity contribution is 5.89. The molecular weight excluding hydrogens is 480 g/mol. The third-order valence-corrected chi connectivity index (χ3v) is 6.42. The van der Waals surface area contributed by atoms with E-state index in [0.717, 1.165) is 40.2 Å². The molecule has 1 aromatic carbocycles. The van der Waals surface area contributed by atoms with Crippen molar-refractivity contribution >= 4 is 39.7 Å². The number of amides is 1. The molecule has 0 unspecified atom stereocenters. The fourth-order valence-corrected chi connectivity index (χ4v) is 4.41. The van der Waals surface area contributed by atoms with Crippen molar-refractivity contribution in [1.82, 2.24) is 34.4 Å². The molecule has 0 saturated heterocycles. The van der Waals surface area contributed by atoms with Crippen LogP contribution in [0.3, 0.4) is 0 Å². The molecule has 1 aliphatic rings. The average Bonchev–Trinajstić information content (AvgIpc) is 3.42. The number of nitrogens with zero attached hydrogens (tertiary/aromatic N) is 7. The smallest absolute Gasteiger partial charge is 0.246 e. The standard InChI is InChI=1S/C28H24N8O2/c1-3-26(37)35-11-8-19(9-12-35)22-5-6-23-27(34-22)28(31-16-29-23)33-20-4-7-24(18(2)14-20)38-21-10-13-36-25(15-21)30-17-32-36/h3-8,10,13-17H,1,9,11-12H2,2H3,(H,29,31,33). The first-order valence-corrected chi connectivity index (χ1v) is 12.1. The van der Waals surface area contributed by atoms with Crippen LogP contribution in [0.5, 0.6) is 11.5 Å². The fourth-order valence-electron chi connectivity index (χ4n) is 4.41. The molecule has 1 N–H and O–H groups in total. The van der Waals surface area contributed by atoms with E-state index in [2.05, 4.69) is 31.9 Å². The molecule has 0 aliphatic carbocycles. The number of carbonyl (C=O) groups excluding carboxylic acids is 1. The van der Waals surface area contributed by atoms with Crippen LogP contribution in [0.1, 0.15) is 17.7 Å². The van der Waals surface area contributed by atoms with Gasteiger partial charge in [-0.1, -0.05) is 12.7 Å². The van der Waals surface area contributed by atoms with Gasteiger partial charge in [-0.3, -0.25) is 4.79 Å². The van der Waals surface area contributed by atoms with E-state index in [0.29, 0.717) is 35.8 Å². The summed E-state index contributed by atoms with van der Waals surface area (Å²) in [7, 11) is 0. The van der Waals surface area contributed by atoms with E-state index in [4.69, 9.17) is 9.72 Å². The Morgan fingerprint density at radius 2 is 2.03 bits per heavy atom. The summed E-state index contributed by atoms with van der Waals surface area (Å²) in [4.78, 5) is 31.6. The first-order chi connectivity index (χ1) is 18.6. The Bertz CT molecular complexity index is 1730. The molecule has 10 nitrogen and oxygen atoms in total. The SMILES string of the molecule is C=CC(=O)N1CC=C(c2ccc3ncnc(Nc4ccc(Oc5ccn6ncnc6c5)c(C)c4)c3n2)CC1. The predicted octanol–water partition coefficient (Wildman–Crippen LogP) is 4.71. The average molecular weight is 505 g/mol. The number of ether oxygens (including phenoxy) is 1. The van der Waals surface area contributed by atoms with Crippen LogP contribution in [0, 0.1) is 6.92 Å². The topological polar surface area (TPSA) is 110 Å². The molecule has 0 radical (unpaired) electrons. The number of rotatable bonds is 6. The van der Waals surface area contributed by atoms with Gasteiger partial charge in [0.2, 0.25) is 5.91 Å². The van der Waals surface area contributed by atoms with Gasteiger partial charge in [0.25, 0.3) is 0 Å². The first kappa shape index (κ1) is 23.3. The summed E-state index contributed by atoms with van der Waals surface area (Å²) in [6, 6.07) is 13.4. The van der Waals surface area contributed by atoms with E-state index in [1.807, 2.05) is 61.7 Å². The van der Waals surface area contributed by atoms with Crippen LogP contribution < -0.4 is 10.1 Å². The minimum atomic E-state index is -0.0604. The lowest BCUT2D eigenvalue weighted by Gasteiger charge is -2.25. The van der Waals surface area contributed by atoms with E-state index >= 15 is 0 Å². The summed E-state index contributed by atoms with van der Waals surface area (Å²) in [5.74, 6) is 1.97. The quantitative estimate of drug-likeness (QED) is 0.331. The Morgan fingerprint density at radius 1 is 1.11 bits per heavy atom. The van der Waals surface area contributed by atoms with E-state index < -0.39 is 0 Å². The lowest BCUT2D eigenvalue weighted by Crippen LogP contribution is -2.33. The molecule has 0 atom stereocenters. The summed E-state index contributed by atoms with van der Waals surface area (Å²) in [5.41, 5.74) is 5.89. The minimum Gasteiger partial charge on any atom is -0.457 e. The predicted molar refractivity (Wildman–Crippen MR) is 144 cm³/mol. The lowest BCUT2D eigenvalue weighted by atomic mass is 10.0. The van der Waals surface area contributed by atoms with Crippen LogP contribution in [0.15, 0.2) is 80.0 Å². The molecule has 4 aromatic heterocycles. The zero-order valence-corrected chi connectivity index (χ0v) is 20.7. The Kier molecular flexibility index (Phi) is 5.97. The van der Waals surface area contributed by atoms with Gasteiger partial charge in [-0.2, -0.15) is 5.10 Å². The number of pyridine rings is 2. The highest BCUT2D eigenvalue weighted by Gasteiger charge is 2.17. The maximum Gasteiger partial charge on any atom is 0.246 e. The van der Waals surface area contributed by atoms with Gasteiger partial charge in [-0.05, 0) is 67.0 Å². The molecule has 0 fully saturated rings. The second-order valence-electron chi connectivity index (χ2n) is 8.89. The lowest BCUT2D eigenvalue weighted by molar-refractivity contribution is -0.125. The molecule has 1 aliphatic heterocycles. The normalized spacial score (nSPS) is 13.4. The number of carbonyl (C=O) groups is 1. The molecule has 10 heteroatoms. The summed E-state index contributed by atoms with van der Waals surface area (Å²) >= 11 is 0. The maximum absolute atomic E-state index is 11.9. The van der Waals surface area contributed by atoms with Crippen LogP contribution in [0.4, 0.5) is 11.5 Å². The van der Waals surface area contributed by atoms with Crippen LogP contribution in [-0.4, -0.2) is 53.4 Å². The maximum atomic E-state index is 11.9. The van der Waals surface area contributed by atoms with E-state index in [1.165, 1.54) is 18.7 Å². The molecular formula is C28H24N8O2. The number of fused-ring (bicyclic) bond motifs is 2. The van der Waals surface area contributed by atoms with Crippen LogP contribution in [0.2, 0.25) is 0 Å². The number of aromatic nitrogens is 6. The summed E-state index contributed by atoms with van der Waals surface area (Å²) < 4.78 is 7.77. The second-order valence-corrected chi connectivity index (χ2v) is 8.89. The van der Waals surface area contributed by atoms with Gasteiger partial charge in [0.05, 0.1) is 11.2 Å². The van der Waals surface area contributed by atoms with Gasteiger partial charge in [0.1, 0.15) is 29.7 Å². The van der Waals surface area contributed by atoms with E-state index in [-0.39, 0.29) is 5.91 Å². The van der Waals surface area contributed by atoms with E-state index in [9.17, 15) is 4.79 Å². The van der Waals surface area contributed by atoms with Gasteiger partial charge in [-0.15, -0.1) is 0 Å². The van der Waals surface area contributed by atoms with Crippen molar-refractivity contribution in [3.63, 3.8) is 0 Å². The molecule has 5 aromatic rings. The first-order valence-electron chi connectivity index (χ1n) is 12.1. The molecule has 0 saturated carbocycles. The van der Waals surface area contributed by atoms with Crippen LogP contribution in [-0.2, 0) is 4.79 Å². The number of aryl methyl sites for hydroxylation is 1. The van der Waals surface area contributed by atoms with Crippen molar-refractivity contribution in [2.45, 2.75) is 13.3 Å². The van der Waals surface area contributed by atoms with Crippen molar-refractivity contribution in [3.8, 4) is 11.5 Å². The Labute approximate surface area is 218 Å². The largest absolute Gasteiger partial charge is 0.457 e. The third kappa shape index (κ3) is 4.55. The highest BCUT2D eigenvalue weighted by atomic mass is 16.5. The second kappa shape index (κ2) is 9.74. The molecule has 5 heterocycles. The van der Waals surface area contributed by atoms with Crippen molar-refractivity contribution < 1.29 is 9.53 Å². The van der Waals surface area contributed by atoms with Gasteiger partial charge in [-0.25, -0.2) is 24.5 Å². The highest BCUT2D eigenvalue weighted by Crippen LogP contribution is 2.30. The zero-order valence-electron chi connectivity index (χ0n) is 20.7.